The highest BCUT2D eigenvalue weighted by molar-refractivity contribution is 7.07. The van der Waals surface area contributed by atoms with E-state index < -0.39 is 12.2 Å². The van der Waals surface area contributed by atoms with Crippen molar-refractivity contribution in [1.29, 1.82) is 0 Å². The van der Waals surface area contributed by atoms with E-state index in [1.165, 1.54) is 11.3 Å². The van der Waals surface area contributed by atoms with Crippen molar-refractivity contribution in [2.75, 3.05) is 26.3 Å². The fourth-order valence-electron chi connectivity index (χ4n) is 2.63. The molecule has 0 unspecified atom stereocenters. The molecule has 1 aliphatic rings. The molecular weight excluding hydrogens is 316 g/mol. The second-order valence-corrected chi connectivity index (χ2v) is 6.65. The summed E-state index contributed by atoms with van der Waals surface area (Å²) >= 11 is 1.40. The Morgan fingerprint density at radius 1 is 1.17 bits per heavy atom. The number of hydrogen-bond acceptors (Lipinski definition) is 6. The molecule has 1 aliphatic heterocycles. The average Bonchev–Trinajstić information content (AvgIpc) is 3.08. The monoisotopic (exact) mass is 342 g/mol. The normalized spacial score (nSPS) is 25.7. The minimum absolute atomic E-state index is 0.101. The number of nitrogens with zero attached hydrogens (tertiary/aromatic N) is 2. The molecule has 6 nitrogen and oxygen atoms in total. The van der Waals surface area contributed by atoms with E-state index in [-0.39, 0.29) is 12.5 Å². The largest absolute Gasteiger partial charge is 0.390 e. The lowest BCUT2D eigenvalue weighted by molar-refractivity contribution is -0.0434. The molecule has 130 valence electrons. The van der Waals surface area contributed by atoms with Gasteiger partial charge in [0.2, 0.25) is 0 Å². The van der Waals surface area contributed by atoms with Gasteiger partial charge in [-0.2, -0.15) is 0 Å². The number of carbonyl (C=O) groups is 1. The van der Waals surface area contributed by atoms with E-state index in [4.69, 9.17) is 4.74 Å². The molecule has 2 N–H and O–H groups in total. The van der Waals surface area contributed by atoms with Crippen LogP contribution in [0.4, 0.5) is 0 Å². The quantitative estimate of drug-likeness (QED) is 0.811. The highest BCUT2D eigenvalue weighted by Gasteiger charge is 2.22. The number of aliphatic hydroxyl groups is 2. The molecule has 0 aliphatic carbocycles. The Kier molecular flexibility index (Phi) is 7.94. The Balaban J connectivity index is 1.96. The molecule has 1 fully saturated rings. The van der Waals surface area contributed by atoms with Gasteiger partial charge in [0.25, 0.3) is 5.91 Å². The van der Waals surface area contributed by atoms with Crippen LogP contribution in [0, 0.1) is 0 Å². The van der Waals surface area contributed by atoms with Crippen LogP contribution in [0.5, 0.6) is 0 Å². The predicted octanol–water partition coefficient (Wildman–Crippen LogP) is 1.68. The zero-order chi connectivity index (χ0) is 16.5. The summed E-state index contributed by atoms with van der Waals surface area (Å²) < 4.78 is 5.40. The lowest BCUT2D eigenvalue weighted by Crippen LogP contribution is -2.38. The number of carbonyl (C=O) groups excluding carboxylic acids is 1. The van der Waals surface area contributed by atoms with Crippen molar-refractivity contribution in [1.82, 2.24) is 9.88 Å². The molecule has 1 amide bonds. The molecule has 2 heterocycles. The minimum Gasteiger partial charge on any atom is -0.390 e. The molecule has 7 heteroatoms. The van der Waals surface area contributed by atoms with Crippen LogP contribution < -0.4 is 0 Å². The van der Waals surface area contributed by atoms with Crippen molar-refractivity contribution in [3.8, 4) is 0 Å². The van der Waals surface area contributed by atoms with E-state index in [0.29, 0.717) is 31.8 Å². The van der Waals surface area contributed by atoms with Crippen molar-refractivity contribution in [3.63, 3.8) is 0 Å². The van der Waals surface area contributed by atoms with Crippen LogP contribution in [0.3, 0.4) is 0 Å². The zero-order valence-corrected chi connectivity index (χ0v) is 14.2. The van der Waals surface area contributed by atoms with Gasteiger partial charge in [-0.15, -0.1) is 11.3 Å². The van der Waals surface area contributed by atoms with Crippen molar-refractivity contribution in [2.45, 2.75) is 50.7 Å². The van der Waals surface area contributed by atoms with Crippen molar-refractivity contribution in [3.05, 3.63) is 16.6 Å². The molecule has 23 heavy (non-hydrogen) atoms. The molecule has 0 bridgehead atoms. The molecule has 2 atom stereocenters. The molecule has 1 saturated heterocycles. The summed E-state index contributed by atoms with van der Waals surface area (Å²) in [5.74, 6) is -0.101. The van der Waals surface area contributed by atoms with Crippen molar-refractivity contribution < 1.29 is 19.7 Å². The fraction of sp³-hybridized carbons (Fsp3) is 0.750. The van der Waals surface area contributed by atoms with Gasteiger partial charge in [0.15, 0.2) is 0 Å². The van der Waals surface area contributed by atoms with E-state index >= 15 is 0 Å². The third kappa shape index (κ3) is 6.18. The average molecular weight is 342 g/mol. The van der Waals surface area contributed by atoms with Crippen LogP contribution in [0.25, 0.3) is 0 Å². The van der Waals surface area contributed by atoms with Gasteiger partial charge >= 0.3 is 0 Å². The van der Waals surface area contributed by atoms with Crippen LogP contribution in [0.2, 0.25) is 0 Å². The van der Waals surface area contributed by atoms with Crippen molar-refractivity contribution in [2.24, 2.45) is 0 Å². The van der Waals surface area contributed by atoms with Crippen molar-refractivity contribution >= 4 is 17.2 Å². The summed E-state index contributed by atoms with van der Waals surface area (Å²) in [6.07, 6.45) is 3.72. The molecule has 1 aromatic heterocycles. The van der Waals surface area contributed by atoms with Crippen LogP contribution in [0.15, 0.2) is 10.9 Å². The van der Waals surface area contributed by atoms with Crippen LogP contribution >= 0.6 is 11.3 Å². The smallest absolute Gasteiger partial charge is 0.273 e. The third-order valence-electron chi connectivity index (χ3n) is 4.08. The summed E-state index contributed by atoms with van der Waals surface area (Å²) in [6.45, 7) is 1.84. The lowest BCUT2D eigenvalue weighted by Gasteiger charge is -2.25. The first-order valence-corrected chi connectivity index (χ1v) is 9.24. The van der Waals surface area contributed by atoms with Crippen LogP contribution in [-0.4, -0.2) is 64.5 Å². The number of aliphatic hydroxyl groups excluding tert-OH is 2. The van der Waals surface area contributed by atoms with Crippen LogP contribution in [0.1, 0.15) is 49.0 Å². The van der Waals surface area contributed by atoms with Gasteiger partial charge in [0.1, 0.15) is 11.8 Å². The van der Waals surface area contributed by atoms with E-state index in [0.717, 1.165) is 32.1 Å². The predicted molar refractivity (Wildman–Crippen MR) is 88.6 cm³/mol. The maximum atomic E-state index is 12.5. The van der Waals surface area contributed by atoms with Crippen LogP contribution in [-0.2, 0) is 4.74 Å². The molecular formula is C16H26N2O4S. The second-order valence-electron chi connectivity index (χ2n) is 5.93. The Hall–Kier alpha value is -1.02. The number of amides is 1. The van der Waals surface area contributed by atoms with E-state index in [1.54, 1.807) is 15.8 Å². The molecule has 1 aromatic rings. The first kappa shape index (κ1) is 18.3. The summed E-state index contributed by atoms with van der Waals surface area (Å²) in [6, 6.07) is 0. The number of hydrogen-bond donors (Lipinski definition) is 2. The van der Waals surface area contributed by atoms with E-state index in [2.05, 4.69) is 4.98 Å². The van der Waals surface area contributed by atoms with Gasteiger partial charge in [-0.25, -0.2) is 4.98 Å². The van der Waals surface area contributed by atoms with Gasteiger partial charge in [0.05, 0.1) is 18.2 Å². The minimum atomic E-state index is -0.908. The first-order chi connectivity index (χ1) is 11.2. The fourth-order valence-corrected chi connectivity index (χ4v) is 3.15. The highest BCUT2D eigenvalue weighted by atomic mass is 32.1. The Morgan fingerprint density at radius 3 is 2.74 bits per heavy atom. The maximum Gasteiger partial charge on any atom is 0.273 e. The van der Waals surface area contributed by atoms with E-state index in [1.807, 2.05) is 0 Å². The van der Waals surface area contributed by atoms with Gasteiger partial charge in [-0.3, -0.25) is 4.79 Å². The van der Waals surface area contributed by atoms with Gasteiger partial charge in [-0.1, -0.05) is 19.3 Å². The SMILES string of the molecule is O=C(c1cscn1)N1CCCCCCCOC[C@@H](O)[C@@H](O)CC1. The molecule has 0 saturated carbocycles. The Morgan fingerprint density at radius 2 is 1.96 bits per heavy atom. The molecule has 2 rings (SSSR count). The van der Waals surface area contributed by atoms with Gasteiger partial charge < -0.3 is 19.8 Å². The molecule has 0 aromatic carbocycles. The zero-order valence-electron chi connectivity index (χ0n) is 13.4. The second kappa shape index (κ2) is 9.97. The number of aromatic nitrogens is 1. The van der Waals surface area contributed by atoms with Gasteiger partial charge in [-0.05, 0) is 19.3 Å². The standard InChI is InChI=1S/C16H26N2O4S/c19-14-6-8-18(16(21)13-11-23-12-17-13)7-4-2-1-3-5-9-22-10-15(14)20/h11-12,14-15,19-20H,1-10H2/t14-,15+/m0/s1. The van der Waals surface area contributed by atoms with E-state index in [9.17, 15) is 15.0 Å². The molecule has 0 radical (unpaired) electrons. The summed E-state index contributed by atoms with van der Waals surface area (Å²) in [5, 5.41) is 21.7. The maximum absolute atomic E-state index is 12.5. The number of ether oxygens (including phenoxy) is 1. The summed E-state index contributed by atoms with van der Waals surface area (Å²) in [7, 11) is 0. The Labute approximate surface area is 141 Å². The number of rotatable bonds is 1. The first-order valence-electron chi connectivity index (χ1n) is 8.30. The summed E-state index contributed by atoms with van der Waals surface area (Å²) in [4.78, 5) is 18.3. The third-order valence-corrected chi connectivity index (χ3v) is 4.67. The van der Waals surface area contributed by atoms with Gasteiger partial charge in [0, 0.05) is 25.1 Å². The Bertz CT molecular complexity index is 455. The topological polar surface area (TPSA) is 82.9 Å². The lowest BCUT2D eigenvalue weighted by atomic mass is 10.1. The highest BCUT2D eigenvalue weighted by Crippen LogP contribution is 2.12. The molecule has 0 spiro atoms. The summed E-state index contributed by atoms with van der Waals surface area (Å²) in [5.41, 5.74) is 2.10. The number of thiazole rings is 1.